The van der Waals surface area contributed by atoms with E-state index in [-0.39, 0.29) is 16.6 Å². The van der Waals surface area contributed by atoms with Crippen molar-refractivity contribution in [3.8, 4) is 0 Å². The molecule has 18 heavy (non-hydrogen) atoms. The van der Waals surface area contributed by atoms with Crippen LogP contribution in [0.2, 0.25) is 5.02 Å². The van der Waals surface area contributed by atoms with Crippen LogP contribution < -0.4 is 5.32 Å². The van der Waals surface area contributed by atoms with E-state index >= 15 is 0 Å². The maximum absolute atomic E-state index is 13.4. The zero-order chi connectivity index (χ0) is 14.1. The van der Waals surface area contributed by atoms with Crippen LogP contribution in [-0.2, 0) is 9.05 Å². The fourth-order valence-electron chi connectivity index (χ4n) is 1.23. The van der Waals surface area contributed by atoms with Gasteiger partial charge < -0.3 is 5.32 Å². The molecule has 0 saturated carbocycles. The van der Waals surface area contributed by atoms with E-state index in [1.54, 1.807) is 13.8 Å². The average Bonchev–Trinajstić information content (AvgIpc) is 2.13. The summed E-state index contributed by atoms with van der Waals surface area (Å²) in [4.78, 5) is 10.9. The summed E-state index contributed by atoms with van der Waals surface area (Å²) in [6.45, 7) is 3.43. The normalized spacial score (nSPS) is 11.7. The molecule has 0 atom stereocenters. The van der Waals surface area contributed by atoms with Crippen molar-refractivity contribution in [3.63, 3.8) is 0 Å². The summed E-state index contributed by atoms with van der Waals surface area (Å²) in [7, 11) is 0.780. The number of benzene rings is 1. The van der Waals surface area contributed by atoms with Gasteiger partial charge in [-0.1, -0.05) is 11.6 Å². The molecular weight excluding hydrogens is 304 g/mol. The molecule has 0 unspecified atom stereocenters. The fourth-order valence-corrected chi connectivity index (χ4v) is 2.37. The molecule has 1 rings (SSSR count). The lowest BCUT2D eigenvalue weighted by atomic mass is 10.2. The number of carbonyl (C=O) groups is 1. The molecule has 4 nitrogen and oxygen atoms in total. The molecule has 1 amide bonds. The Morgan fingerprint density at radius 1 is 1.39 bits per heavy atom. The lowest BCUT2D eigenvalue weighted by molar-refractivity contribution is 0.0943. The first kappa shape index (κ1) is 15.2. The lowest BCUT2D eigenvalue weighted by Gasteiger charge is -2.10. The molecule has 0 aromatic heterocycles. The molecule has 0 bridgehead atoms. The SMILES string of the molecule is CC(C)NC(=O)c1cc(S(=O)(=O)Cl)c(F)cc1Cl. The highest BCUT2D eigenvalue weighted by molar-refractivity contribution is 8.13. The molecule has 1 aromatic rings. The van der Waals surface area contributed by atoms with E-state index < -0.39 is 25.7 Å². The maximum atomic E-state index is 13.4. The first-order chi connectivity index (χ1) is 8.12. The Hall–Kier alpha value is -0.850. The van der Waals surface area contributed by atoms with E-state index in [0.717, 1.165) is 12.1 Å². The number of rotatable bonds is 3. The maximum Gasteiger partial charge on any atom is 0.264 e. The average molecular weight is 314 g/mol. The van der Waals surface area contributed by atoms with Crippen LogP contribution in [0.1, 0.15) is 24.2 Å². The third kappa shape index (κ3) is 3.57. The highest BCUT2D eigenvalue weighted by atomic mass is 35.7. The van der Waals surface area contributed by atoms with E-state index in [2.05, 4.69) is 5.32 Å². The minimum absolute atomic E-state index is 0.147. The van der Waals surface area contributed by atoms with Gasteiger partial charge in [-0.05, 0) is 26.0 Å². The Bertz CT molecular complexity index is 587. The van der Waals surface area contributed by atoms with E-state index in [1.165, 1.54) is 0 Å². The first-order valence-electron chi connectivity index (χ1n) is 4.87. The highest BCUT2D eigenvalue weighted by Crippen LogP contribution is 2.26. The molecule has 0 fully saturated rings. The molecule has 0 aliphatic carbocycles. The lowest BCUT2D eigenvalue weighted by Crippen LogP contribution is -2.30. The van der Waals surface area contributed by atoms with Gasteiger partial charge >= 0.3 is 0 Å². The topological polar surface area (TPSA) is 63.2 Å². The standard InChI is InChI=1S/C10H10Cl2FNO3S/c1-5(2)14-10(15)6-3-9(18(12,16)17)8(13)4-7(6)11/h3-5H,1-2H3,(H,14,15). The Morgan fingerprint density at radius 3 is 2.39 bits per heavy atom. The molecule has 0 aliphatic heterocycles. The van der Waals surface area contributed by atoms with E-state index in [1.807, 2.05) is 0 Å². The minimum Gasteiger partial charge on any atom is -0.350 e. The number of nitrogens with one attached hydrogen (secondary N) is 1. The van der Waals surface area contributed by atoms with Crippen molar-refractivity contribution in [3.05, 3.63) is 28.5 Å². The van der Waals surface area contributed by atoms with E-state index in [0.29, 0.717) is 0 Å². The van der Waals surface area contributed by atoms with Crippen molar-refractivity contribution in [1.29, 1.82) is 0 Å². The largest absolute Gasteiger partial charge is 0.350 e. The molecule has 8 heteroatoms. The van der Waals surface area contributed by atoms with Gasteiger partial charge in [-0.3, -0.25) is 4.79 Å². The second-order valence-electron chi connectivity index (χ2n) is 3.83. The van der Waals surface area contributed by atoms with Crippen LogP contribution in [0.25, 0.3) is 0 Å². The molecule has 0 radical (unpaired) electrons. The molecule has 0 saturated heterocycles. The number of halogens is 3. The molecule has 1 N–H and O–H groups in total. The van der Waals surface area contributed by atoms with Gasteiger partial charge in [0.05, 0.1) is 10.6 Å². The van der Waals surface area contributed by atoms with Gasteiger partial charge in [0.15, 0.2) is 0 Å². The zero-order valence-corrected chi connectivity index (χ0v) is 11.8. The molecule has 100 valence electrons. The smallest absolute Gasteiger partial charge is 0.264 e. The van der Waals surface area contributed by atoms with Crippen LogP contribution in [0, 0.1) is 5.82 Å². The van der Waals surface area contributed by atoms with E-state index in [9.17, 15) is 17.6 Å². The second-order valence-corrected chi connectivity index (χ2v) is 6.77. The Morgan fingerprint density at radius 2 is 1.94 bits per heavy atom. The van der Waals surface area contributed by atoms with Gasteiger partial charge in [-0.25, -0.2) is 12.8 Å². The number of amides is 1. The van der Waals surface area contributed by atoms with Gasteiger partial charge in [0.25, 0.3) is 15.0 Å². The highest BCUT2D eigenvalue weighted by Gasteiger charge is 2.22. The van der Waals surface area contributed by atoms with Crippen LogP contribution in [0.15, 0.2) is 17.0 Å². The van der Waals surface area contributed by atoms with Crippen molar-refractivity contribution in [2.45, 2.75) is 24.8 Å². The summed E-state index contributed by atoms with van der Waals surface area (Å²) in [6, 6.07) is 1.39. The van der Waals surface area contributed by atoms with Crippen LogP contribution in [-0.4, -0.2) is 20.4 Å². The van der Waals surface area contributed by atoms with Crippen LogP contribution in [0.4, 0.5) is 4.39 Å². The van der Waals surface area contributed by atoms with E-state index in [4.69, 9.17) is 22.3 Å². The summed E-state index contributed by atoms with van der Waals surface area (Å²) in [5.74, 6) is -1.70. The zero-order valence-electron chi connectivity index (χ0n) is 9.50. The summed E-state index contributed by atoms with van der Waals surface area (Å²) >= 11 is 5.69. The Balaban J connectivity index is 3.34. The first-order valence-corrected chi connectivity index (χ1v) is 7.56. The number of hydrogen-bond donors (Lipinski definition) is 1. The van der Waals surface area contributed by atoms with Crippen molar-refractivity contribution in [2.75, 3.05) is 0 Å². The quantitative estimate of drug-likeness (QED) is 0.872. The van der Waals surface area contributed by atoms with Gasteiger partial charge in [0.2, 0.25) is 0 Å². The van der Waals surface area contributed by atoms with Crippen LogP contribution >= 0.6 is 22.3 Å². The third-order valence-corrected chi connectivity index (χ3v) is 3.60. The fraction of sp³-hybridized carbons (Fsp3) is 0.300. The summed E-state index contributed by atoms with van der Waals surface area (Å²) in [6.07, 6.45) is 0. The minimum atomic E-state index is -4.28. The van der Waals surface area contributed by atoms with Crippen LogP contribution in [0.3, 0.4) is 0 Å². The molecule has 0 heterocycles. The molecule has 0 aliphatic rings. The monoisotopic (exact) mass is 313 g/mol. The summed E-state index contributed by atoms with van der Waals surface area (Å²) < 4.78 is 35.6. The molecule has 0 spiro atoms. The van der Waals surface area contributed by atoms with Crippen molar-refractivity contribution < 1.29 is 17.6 Å². The van der Waals surface area contributed by atoms with Crippen molar-refractivity contribution in [1.82, 2.24) is 5.32 Å². The molecular formula is C10H10Cl2FNO3S. The Kier molecular flexibility index (Phi) is 4.58. The number of hydrogen-bond acceptors (Lipinski definition) is 3. The number of carbonyl (C=O) groups excluding carboxylic acids is 1. The predicted octanol–water partition coefficient (Wildman–Crippen LogP) is 2.54. The van der Waals surface area contributed by atoms with Crippen molar-refractivity contribution >= 4 is 37.2 Å². The summed E-state index contributed by atoms with van der Waals surface area (Å²) in [5.41, 5.74) is -0.147. The van der Waals surface area contributed by atoms with Crippen molar-refractivity contribution in [2.24, 2.45) is 0 Å². The van der Waals surface area contributed by atoms with Crippen LogP contribution in [0.5, 0.6) is 0 Å². The van der Waals surface area contributed by atoms with Gasteiger partial charge in [-0.15, -0.1) is 0 Å². The second kappa shape index (κ2) is 5.42. The van der Waals surface area contributed by atoms with Gasteiger partial charge in [-0.2, -0.15) is 0 Å². The Labute approximate surface area is 114 Å². The third-order valence-electron chi connectivity index (χ3n) is 1.95. The predicted molar refractivity (Wildman–Crippen MR) is 67.1 cm³/mol. The van der Waals surface area contributed by atoms with Gasteiger partial charge in [0, 0.05) is 16.7 Å². The summed E-state index contributed by atoms with van der Waals surface area (Å²) in [5, 5.41) is 2.33. The molecule has 1 aromatic carbocycles. The van der Waals surface area contributed by atoms with Gasteiger partial charge in [0.1, 0.15) is 10.7 Å².